The summed E-state index contributed by atoms with van der Waals surface area (Å²) in [5.74, 6) is -1.23. The van der Waals surface area contributed by atoms with Gasteiger partial charge in [0, 0.05) is 17.7 Å². The van der Waals surface area contributed by atoms with Crippen LogP contribution in [0.4, 0.5) is 11.4 Å². The zero-order chi connectivity index (χ0) is 20.8. The molecule has 0 aliphatic heterocycles. The van der Waals surface area contributed by atoms with E-state index in [1.54, 1.807) is 24.3 Å². The maximum absolute atomic E-state index is 12.5. The number of para-hydroxylation sites is 2. The van der Waals surface area contributed by atoms with Gasteiger partial charge in [0.25, 0.3) is 11.6 Å². The zero-order valence-corrected chi connectivity index (χ0v) is 15.2. The van der Waals surface area contributed by atoms with E-state index in [0.717, 1.165) is 5.56 Å². The second-order valence-electron chi connectivity index (χ2n) is 6.10. The lowest BCUT2D eigenvalue weighted by atomic mass is 9.99. The van der Waals surface area contributed by atoms with E-state index in [-0.39, 0.29) is 16.9 Å². The number of hydrogen-bond donors (Lipinski definition) is 2. The molecule has 2 amide bonds. The van der Waals surface area contributed by atoms with E-state index < -0.39 is 16.7 Å². The van der Waals surface area contributed by atoms with Gasteiger partial charge in [-0.3, -0.25) is 19.7 Å². The zero-order valence-electron chi connectivity index (χ0n) is 15.2. The highest BCUT2D eigenvalue weighted by Gasteiger charge is 2.16. The van der Waals surface area contributed by atoms with Gasteiger partial charge >= 0.3 is 0 Å². The van der Waals surface area contributed by atoms with Crippen molar-refractivity contribution >= 4 is 29.3 Å². The number of amides is 2. The Balaban J connectivity index is 1.95. The lowest BCUT2D eigenvalue weighted by molar-refractivity contribution is -0.385. The number of nitrogens with one attached hydrogen (secondary N) is 1. The van der Waals surface area contributed by atoms with E-state index in [1.165, 1.54) is 30.4 Å². The van der Waals surface area contributed by atoms with E-state index in [9.17, 15) is 19.7 Å². The van der Waals surface area contributed by atoms with Crippen LogP contribution in [0.5, 0.6) is 0 Å². The fourth-order valence-corrected chi connectivity index (χ4v) is 2.88. The second kappa shape index (κ2) is 8.62. The van der Waals surface area contributed by atoms with E-state index in [2.05, 4.69) is 5.32 Å². The standard InChI is InChI=1S/C22H17N3O4/c23-22(27)18-11-6-10-17(15-7-2-1-3-8-15)21(18)24-20(26)14-13-16-9-4-5-12-19(16)25(28)29/h1-14H,(H2,23,27)(H,24,26). The molecule has 0 atom stereocenters. The fourth-order valence-electron chi connectivity index (χ4n) is 2.88. The van der Waals surface area contributed by atoms with Gasteiger partial charge in [0.15, 0.2) is 0 Å². The van der Waals surface area contributed by atoms with Crippen molar-refractivity contribution in [2.75, 3.05) is 5.32 Å². The van der Waals surface area contributed by atoms with Crippen LogP contribution in [0.3, 0.4) is 0 Å². The number of hydrogen-bond acceptors (Lipinski definition) is 4. The van der Waals surface area contributed by atoms with Crippen molar-refractivity contribution in [1.82, 2.24) is 0 Å². The first-order valence-electron chi connectivity index (χ1n) is 8.68. The van der Waals surface area contributed by atoms with Gasteiger partial charge in [-0.15, -0.1) is 0 Å². The van der Waals surface area contributed by atoms with Crippen molar-refractivity contribution in [2.45, 2.75) is 0 Å². The van der Waals surface area contributed by atoms with E-state index >= 15 is 0 Å². The van der Waals surface area contributed by atoms with E-state index in [0.29, 0.717) is 11.1 Å². The van der Waals surface area contributed by atoms with Crippen LogP contribution in [-0.4, -0.2) is 16.7 Å². The number of anilines is 1. The average molecular weight is 387 g/mol. The molecule has 0 aliphatic carbocycles. The molecule has 0 spiro atoms. The van der Waals surface area contributed by atoms with Crippen LogP contribution in [-0.2, 0) is 4.79 Å². The third-order valence-corrected chi connectivity index (χ3v) is 4.21. The van der Waals surface area contributed by atoms with Crippen molar-refractivity contribution < 1.29 is 14.5 Å². The predicted molar refractivity (Wildman–Crippen MR) is 111 cm³/mol. The molecule has 144 valence electrons. The van der Waals surface area contributed by atoms with Crippen LogP contribution in [0.15, 0.2) is 78.9 Å². The molecule has 29 heavy (non-hydrogen) atoms. The Bertz CT molecular complexity index is 1110. The summed E-state index contributed by atoms with van der Waals surface area (Å²) in [6.07, 6.45) is 2.53. The van der Waals surface area contributed by atoms with Gasteiger partial charge < -0.3 is 11.1 Å². The van der Waals surface area contributed by atoms with Gasteiger partial charge in [-0.1, -0.05) is 54.6 Å². The first-order chi connectivity index (χ1) is 14.0. The van der Waals surface area contributed by atoms with E-state index in [1.807, 2.05) is 30.3 Å². The van der Waals surface area contributed by atoms with Gasteiger partial charge in [0.05, 0.1) is 21.7 Å². The molecule has 0 unspecified atom stereocenters. The quantitative estimate of drug-likeness (QED) is 0.378. The molecule has 3 rings (SSSR count). The highest BCUT2D eigenvalue weighted by atomic mass is 16.6. The van der Waals surface area contributed by atoms with Crippen LogP contribution in [0.1, 0.15) is 15.9 Å². The number of carbonyl (C=O) groups excluding carboxylic acids is 2. The molecule has 0 fully saturated rings. The number of carbonyl (C=O) groups is 2. The summed E-state index contributed by atoms with van der Waals surface area (Å²) in [6.45, 7) is 0. The molecule has 7 nitrogen and oxygen atoms in total. The number of nitro groups is 1. The minimum Gasteiger partial charge on any atom is -0.366 e. The molecule has 3 aromatic rings. The topological polar surface area (TPSA) is 115 Å². The van der Waals surface area contributed by atoms with Crippen LogP contribution in [0.2, 0.25) is 0 Å². The summed E-state index contributed by atoms with van der Waals surface area (Å²) >= 11 is 0. The van der Waals surface area contributed by atoms with E-state index in [4.69, 9.17) is 5.73 Å². The molecule has 3 N–H and O–H groups in total. The van der Waals surface area contributed by atoms with Crippen LogP contribution in [0, 0.1) is 10.1 Å². The van der Waals surface area contributed by atoms with Crippen molar-refractivity contribution in [3.05, 3.63) is 100 Å². The molecule has 0 saturated heterocycles. The summed E-state index contributed by atoms with van der Waals surface area (Å²) in [5.41, 5.74) is 7.53. The third kappa shape index (κ3) is 4.54. The highest BCUT2D eigenvalue weighted by Crippen LogP contribution is 2.31. The Morgan fingerprint density at radius 3 is 2.31 bits per heavy atom. The van der Waals surface area contributed by atoms with Crippen molar-refractivity contribution in [1.29, 1.82) is 0 Å². The van der Waals surface area contributed by atoms with Crippen molar-refractivity contribution in [3.8, 4) is 11.1 Å². The van der Waals surface area contributed by atoms with Gasteiger partial charge in [-0.05, 0) is 23.8 Å². The molecular weight excluding hydrogens is 370 g/mol. The van der Waals surface area contributed by atoms with Gasteiger partial charge in [-0.2, -0.15) is 0 Å². The number of rotatable bonds is 6. The van der Waals surface area contributed by atoms with Crippen LogP contribution >= 0.6 is 0 Å². The maximum Gasteiger partial charge on any atom is 0.276 e. The van der Waals surface area contributed by atoms with Crippen molar-refractivity contribution in [2.24, 2.45) is 5.73 Å². The molecule has 0 bridgehead atoms. The smallest absolute Gasteiger partial charge is 0.276 e. The molecule has 3 aromatic carbocycles. The van der Waals surface area contributed by atoms with Crippen molar-refractivity contribution in [3.63, 3.8) is 0 Å². The molecular formula is C22H17N3O4. The minimum absolute atomic E-state index is 0.112. The largest absolute Gasteiger partial charge is 0.366 e. The van der Waals surface area contributed by atoms with Gasteiger partial charge in [-0.25, -0.2) is 0 Å². The lowest BCUT2D eigenvalue weighted by Crippen LogP contribution is -2.17. The summed E-state index contributed by atoms with van der Waals surface area (Å²) in [6, 6.07) is 20.3. The van der Waals surface area contributed by atoms with Crippen LogP contribution < -0.4 is 11.1 Å². The SMILES string of the molecule is NC(=O)c1cccc(-c2ccccc2)c1NC(=O)C=Cc1ccccc1[N+](=O)[O-]. The Labute approximate surface area is 166 Å². The Hall–Kier alpha value is -4.26. The number of nitro benzene ring substituents is 1. The normalized spacial score (nSPS) is 10.6. The number of nitrogens with zero attached hydrogens (tertiary/aromatic N) is 1. The molecule has 7 heteroatoms. The molecule has 0 heterocycles. The maximum atomic E-state index is 12.5. The predicted octanol–water partition coefficient (Wildman–Crippen LogP) is 4.01. The summed E-state index contributed by atoms with van der Waals surface area (Å²) in [5, 5.41) is 13.8. The number of benzene rings is 3. The third-order valence-electron chi connectivity index (χ3n) is 4.21. The molecule has 0 aliphatic rings. The lowest BCUT2D eigenvalue weighted by Gasteiger charge is -2.13. The first-order valence-corrected chi connectivity index (χ1v) is 8.68. The van der Waals surface area contributed by atoms with Crippen LogP contribution in [0.25, 0.3) is 17.2 Å². The van der Waals surface area contributed by atoms with Gasteiger partial charge in [0.2, 0.25) is 5.91 Å². The Kier molecular flexibility index (Phi) is 5.80. The monoisotopic (exact) mass is 387 g/mol. The Morgan fingerprint density at radius 2 is 1.62 bits per heavy atom. The number of primary amides is 1. The average Bonchev–Trinajstić information content (AvgIpc) is 2.73. The highest BCUT2D eigenvalue weighted by molar-refractivity contribution is 6.10. The first kappa shape index (κ1) is 19.5. The molecule has 0 aromatic heterocycles. The molecule has 0 saturated carbocycles. The summed E-state index contributed by atoms with van der Waals surface area (Å²) in [7, 11) is 0. The summed E-state index contributed by atoms with van der Waals surface area (Å²) in [4.78, 5) is 34.9. The minimum atomic E-state index is -0.680. The number of nitrogens with two attached hydrogens (primary N) is 1. The second-order valence-corrected chi connectivity index (χ2v) is 6.10. The molecule has 0 radical (unpaired) electrons. The van der Waals surface area contributed by atoms with Gasteiger partial charge in [0.1, 0.15) is 0 Å². The Morgan fingerprint density at radius 1 is 0.931 bits per heavy atom. The fraction of sp³-hybridized carbons (Fsp3) is 0. The summed E-state index contributed by atoms with van der Waals surface area (Å²) < 4.78 is 0.